The molecule has 0 bridgehead atoms. The van der Waals surface area contributed by atoms with E-state index in [9.17, 15) is 13.2 Å². The Kier molecular flexibility index (Phi) is 4.19. The van der Waals surface area contributed by atoms with E-state index in [1.54, 1.807) is 24.4 Å². The zero-order valence-corrected chi connectivity index (χ0v) is 10.7. The average molecular weight is 301 g/mol. The molecule has 2 rings (SSSR count). The number of alkyl halides is 3. The molecule has 0 aliphatic rings. The predicted octanol–water partition coefficient (Wildman–Crippen LogP) is 3.59. The van der Waals surface area contributed by atoms with Gasteiger partial charge in [-0.15, -0.1) is 0 Å². The number of hydrogen-bond donors (Lipinski definition) is 1. The van der Waals surface area contributed by atoms with Gasteiger partial charge in [0.15, 0.2) is 5.82 Å². The Morgan fingerprint density at radius 3 is 2.65 bits per heavy atom. The molecule has 0 unspecified atom stereocenters. The summed E-state index contributed by atoms with van der Waals surface area (Å²) in [7, 11) is 0. The molecule has 20 heavy (non-hydrogen) atoms. The average Bonchev–Trinajstić information content (AvgIpc) is 2.40. The molecule has 0 saturated heterocycles. The van der Waals surface area contributed by atoms with Crippen molar-refractivity contribution in [2.45, 2.75) is 6.18 Å². The van der Waals surface area contributed by atoms with Crippen molar-refractivity contribution in [1.82, 2.24) is 9.97 Å². The van der Waals surface area contributed by atoms with Gasteiger partial charge < -0.3 is 0 Å². The van der Waals surface area contributed by atoms with E-state index in [4.69, 9.17) is 11.6 Å². The van der Waals surface area contributed by atoms with E-state index >= 15 is 0 Å². The largest absolute Gasteiger partial charge is 0.417 e. The fraction of sp³-hybridized carbons (Fsp3) is 0.0833. The fourth-order valence-electron chi connectivity index (χ4n) is 1.29. The second-order valence-electron chi connectivity index (χ2n) is 3.68. The highest BCUT2D eigenvalue weighted by molar-refractivity contribution is 6.32. The number of hydrazone groups is 1. The lowest BCUT2D eigenvalue weighted by Crippen LogP contribution is -2.06. The van der Waals surface area contributed by atoms with Gasteiger partial charge in [0.25, 0.3) is 0 Å². The highest BCUT2D eigenvalue weighted by Gasteiger charge is 2.31. The molecule has 0 radical (unpaired) electrons. The summed E-state index contributed by atoms with van der Waals surface area (Å²) in [6.07, 6.45) is -0.808. The minimum absolute atomic E-state index is 0.0341. The number of nitrogens with one attached hydrogen (secondary N) is 1. The van der Waals surface area contributed by atoms with Crippen molar-refractivity contribution in [2.24, 2.45) is 5.10 Å². The normalized spacial score (nSPS) is 11.8. The van der Waals surface area contributed by atoms with Crippen LogP contribution in [0.3, 0.4) is 0 Å². The molecule has 2 aromatic heterocycles. The van der Waals surface area contributed by atoms with E-state index < -0.39 is 11.7 Å². The van der Waals surface area contributed by atoms with Crippen molar-refractivity contribution in [3.8, 4) is 0 Å². The van der Waals surface area contributed by atoms with Gasteiger partial charge in [0.05, 0.1) is 22.5 Å². The van der Waals surface area contributed by atoms with Crippen molar-refractivity contribution in [2.75, 3.05) is 5.43 Å². The Morgan fingerprint density at radius 1 is 1.25 bits per heavy atom. The third kappa shape index (κ3) is 3.67. The molecule has 2 aromatic rings. The summed E-state index contributed by atoms with van der Waals surface area (Å²) >= 11 is 5.70. The van der Waals surface area contributed by atoms with Gasteiger partial charge in [-0.1, -0.05) is 17.7 Å². The molecule has 0 fully saturated rings. The molecule has 0 aliphatic heterocycles. The zero-order chi connectivity index (χ0) is 14.6. The van der Waals surface area contributed by atoms with Crippen LogP contribution in [0.25, 0.3) is 0 Å². The van der Waals surface area contributed by atoms with Gasteiger partial charge in [0, 0.05) is 12.4 Å². The number of nitrogens with zero attached hydrogens (tertiary/aromatic N) is 3. The first-order valence-corrected chi connectivity index (χ1v) is 5.77. The SMILES string of the molecule is FC(F)(F)c1cnc(N/N=C/c2ccccn2)c(Cl)c1. The molecule has 0 amide bonds. The first-order chi connectivity index (χ1) is 9.47. The van der Waals surface area contributed by atoms with Crippen LogP contribution in [-0.2, 0) is 6.18 Å². The number of rotatable bonds is 3. The van der Waals surface area contributed by atoms with Crippen LogP contribution >= 0.6 is 11.6 Å². The first-order valence-electron chi connectivity index (χ1n) is 5.39. The third-order valence-electron chi connectivity index (χ3n) is 2.22. The lowest BCUT2D eigenvalue weighted by molar-refractivity contribution is -0.137. The van der Waals surface area contributed by atoms with Crippen LogP contribution in [0.2, 0.25) is 5.02 Å². The van der Waals surface area contributed by atoms with Crippen molar-refractivity contribution >= 4 is 23.6 Å². The highest BCUT2D eigenvalue weighted by atomic mass is 35.5. The number of anilines is 1. The third-order valence-corrected chi connectivity index (χ3v) is 2.51. The van der Waals surface area contributed by atoms with Crippen molar-refractivity contribution < 1.29 is 13.2 Å². The van der Waals surface area contributed by atoms with Gasteiger partial charge in [0.1, 0.15) is 0 Å². The standard InChI is InChI=1S/C12H8ClF3N4/c13-10-5-8(12(14,15)16)6-18-11(10)20-19-7-9-3-1-2-4-17-9/h1-7H,(H,18,20)/b19-7+. The zero-order valence-electron chi connectivity index (χ0n) is 9.89. The number of halogens is 4. The van der Waals surface area contributed by atoms with E-state index in [2.05, 4.69) is 20.5 Å². The monoisotopic (exact) mass is 300 g/mol. The Labute approximate surface area is 117 Å². The molecule has 0 saturated carbocycles. The molecule has 0 spiro atoms. The minimum atomic E-state index is -4.48. The van der Waals surface area contributed by atoms with Crippen LogP contribution in [0.4, 0.5) is 19.0 Å². The Balaban J connectivity index is 2.09. The van der Waals surface area contributed by atoms with E-state index in [-0.39, 0.29) is 10.8 Å². The Hall–Kier alpha value is -2.15. The summed E-state index contributed by atoms with van der Waals surface area (Å²) in [4.78, 5) is 7.57. The van der Waals surface area contributed by atoms with Crippen LogP contribution in [0.15, 0.2) is 41.8 Å². The van der Waals surface area contributed by atoms with Crippen LogP contribution in [0.1, 0.15) is 11.3 Å². The van der Waals surface area contributed by atoms with Crippen molar-refractivity contribution in [1.29, 1.82) is 0 Å². The minimum Gasteiger partial charge on any atom is -0.260 e. The number of pyridine rings is 2. The van der Waals surface area contributed by atoms with Gasteiger partial charge in [-0.25, -0.2) is 4.98 Å². The van der Waals surface area contributed by atoms with Crippen LogP contribution in [0.5, 0.6) is 0 Å². The quantitative estimate of drug-likeness (QED) is 0.696. The summed E-state index contributed by atoms with van der Waals surface area (Å²) in [5.41, 5.74) is 2.13. The second-order valence-corrected chi connectivity index (χ2v) is 4.08. The smallest absolute Gasteiger partial charge is 0.260 e. The maximum atomic E-state index is 12.4. The summed E-state index contributed by atoms with van der Waals surface area (Å²) in [5.74, 6) is 0.0341. The molecule has 4 nitrogen and oxygen atoms in total. The number of hydrogen-bond acceptors (Lipinski definition) is 4. The second kappa shape index (κ2) is 5.87. The predicted molar refractivity (Wildman–Crippen MR) is 69.7 cm³/mol. The molecule has 0 aliphatic carbocycles. The molecule has 8 heteroatoms. The molecule has 0 aromatic carbocycles. The van der Waals surface area contributed by atoms with Gasteiger partial charge in [-0.2, -0.15) is 18.3 Å². The molecule has 2 heterocycles. The topological polar surface area (TPSA) is 50.2 Å². The van der Waals surface area contributed by atoms with Gasteiger partial charge in [-0.05, 0) is 18.2 Å². The molecule has 104 valence electrons. The van der Waals surface area contributed by atoms with Gasteiger partial charge >= 0.3 is 6.18 Å². The van der Waals surface area contributed by atoms with Crippen molar-refractivity contribution in [3.63, 3.8) is 0 Å². The van der Waals surface area contributed by atoms with Crippen LogP contribution < -0.4 is 5.43 Å². The van der Waals surface area contributed by atoms with Crippen LogP contribution in [-0.4, -0.2) is 16.2 Å². The Bertz CT molecular complexity index is 614. The Morgan fingerprint density at radius 2 is 2.05 bits per heavy atom. The van der Waals surface area contributed by atoms with E-state index in [0.717, 1.165) is 6.07 Å². The summed E-state index contributed by atoms with van der Waals surface area (Å²) in [5, 5.41) is 3.63. The number of aromatic nitrogens is 2. The summed E-state index contributed by atoms with van der Waals surface area (Å²) < 4.78 is 37.2. The first kappa shape index (κ1) is 14.3. The lowest BCUT2D eigenvalue weighted by atomic mass is 10.3. The molecular weight excluding hydrogens is 293 g/mol. The maximum absolute atomic E-state index is 12.4. The van der Waals surface area contributed by atoms with Gasteiger partial charge in [0.2, 0.25) is 0 Å². The summed E-state index contributed by atoms with van der Waals surface area (Å²) in [6.45, 7) is 0. The van der Waals surface area contributed by atoms with Crippen molar-refractivity contribution in [3.05, 3.63) is 52.9 Å². The van der Waals surface area contributed by atoms with E-state index in [0.29, 0.717) is 11.9 Å². The highest BCUT2D eigenvalue weighted by Crippen LogP contribution is 2.32. The van der Waals surface area contributed by atoms with E-state index in [1.807, 2.05) is 0 Å². The fourth-order valence-corrected chi connectivity index (χ4v) is 1.50. The lowest BCUT2D eigenvalue weighted by Gasteiger charge is -2.08. The molecular formula is C12H8ClF3N4. The van der Waals surface area contributed by atoms with E-state index in [1.165, 1.54) is 6.21 Å². The molecule has 0 atom stereocenters. The maximum Gasteiger partial charge on any atom is 0.417 e. The van der Waals surface area contributed by atoms with Gasteiger partial charge in [-0.3, -0.25) is 10.4 Å². The van der Waals surface area contributed by atoms with Crippen LogP contribution in [0, 0.1) is 0 Å². The molecule has 1 N–H and O–H groups in total. The summed E-state index contributed by atoms with van der Waals surface area (Å²) in [6, 6.07) is 6.02.